The smallest absolute Gasteiger partial charge is 0.325 e. The Morgan fingerprint density at radius 1 is 0.974 bits per heavy atom. The summed E-state index contributed by atoms with van der Waals surface area (Å²) < 4.78 is 29.4. The second-order valence-corrected chi connectivity index (χ2v) is 8.83. The molecule has 3 aromatic carbocycles. The average Bonchev–Trinajstić information content (AvgIpc) is 3.16. The van der Waals surface area contributed by atoms with E-state index in [1.165, 1.54) is 36.2 Å². The van der Waals surface area contributed by atoms with E-state index in [9.17, 15) is 14.0 Å². The molecule has 1 saturated heterocycles. The van der Waals surface area contributed by atoms with Crippen molar-refractivity contribution in [1.82, 2.24) is 4.90 Å². The minimum atomic E-state index is -0.531. The Hall–Kier alpha value is -4.24. The van der Waals surface area contributed by atoms with Crippen molar-refractivity contribution in [2.75, 3.05) is 25.7 Å². The van der Waals surface area contributed by atoms with Gasteiger partial charge in [-0.05, 0) is 77.8 Å². The van der Waals surface area contributed by atoms with E-state index in [1.807, 2.05) is 31.2 Å². The number of hydrogen-bond acceptors (Lipinski definition) is 6. The molecule has 3 aromatic rings. The highest BCUT2D eigenvalue weighted by molar-refractivity contribution is 7.80. The van der Waals surface area contributed by atoms with E-state index in [-0.39, 0.29) is 35.7 Å². The van der Waals surface area contributed by atoms with Gasteiger partial charge in [0.1, 0.15) is 24.7 Å². The number of benzene rings is 3. The summed E-state index contributed by atoms with van der Waals surface area (Å²) in [4.78, 5) is 28.6. The van der Waals surface area contributed by atoms with Gasteiger partial charge in [-0.2, -0.15) is 0 Å². The van der Waals surface area contributed by atoms with Crippen molar-refractivity contribution in [1.29, 1.82) is 0 Å². The summed E-state index contributed by atoms with van der Waals surface area (Å²) >= 11 is 5.61. The Labute approximate surface area is 226 Å². The molecule has 1 fully saturated rings. The van der Waals surface area contributed by atoms with Crippen LogP contribution < -0.4 is 14.4 Å². The van der Waals surface area contributed by atoms with E-state index in [0.29, 0.717) is 22.7 Å². The van der Waals surface area contributed by atoms with Gasteiger partial charge in [0, 0.05) is 0 Å². The number of rotatable bonds is 9. The van der Waals surface area contributed by atoms with Gasteiger partial charge in [-0.15, -0.1) is 0 Å². The number of thiocarbonyl (C=S) groups is 1. The summed E-state index contributed by atoms with van der Waals surface area (Å²) in [5.74, 6) is -0.283. The minimum Gasteiger partial charge on any atom is -0.493 e. The molecule has 1 aliphatic rings. The molecule has 0 spiro atoms. The summed E-state index contributed by atoms with van der Waals surface area (Å²) in [6.07, 6.45) is 2.51. The number of hydrogen-bond donors (Lipinski definition) is 0. The highest BCUT2D eigenvalue weighted by Crippen LogP contribution is 2.33. The number of carbonyl (C=O) groups excluding carboxylic acids is 2. The lowest BCUT2D eigenvalue weighted by molar-refractivity contribution is -0.140. The van der Waals surface area contributed by atoms with Gasteiger partial charge in [-0.3, -0.25) is 14.5 Å². The molecular weight excluding hydrogens is 507 g/mol. The van der Waals surface area contributed by atoms with Crippen LogP contribution in [0.5, 0.6) is 11.5 Å². The van der Waals surface area contributed by atoms with Crippen LogP contribution in [0.25, 0.3) is 6.08 Å². The van der Waals surface area contributed by atoms with Crippen LogP contribution in [0.1, 0.15) is 23.6 Å². The van der Waals surface area contributed by atoms with E-state index < -0.39 is 5.97 Å². The Morgan fingerprint density at radius 3 is 2.29 bits per heavy atom. The molecule has 38 heavy (non-hydrogen) atoms. The van der Waals surface area contributed by atoms with Crippen molar-refractivity contribution in [2.45, 2.75) is 20.0 Å². The fourth-order valence-electron chi connectivity index (χ4n) is 3.93. The molecule has 0 saturated carbocycles. The molecule has 1 aliphatic heterocycles. The van der Waals surface area contributed by atoms with Gasteiger partial charge in [0.2, 0.25) is 0 Å². The van der Waals surface area contributed by atoms with Crippen molar-refractivity contribution in [3.8, 4) is 11.5 Å². The summed E-state index contributed by atoms with van der Waals surface area (Å²) in [7, 11) is 2.79. The Kier molecular flexibility index (Phi) is 8.38. The first kappa shape index (κ1) is 26.8. The molecule has 0 unspecified atom stereocenters. The van der Waals surface area contributed by atoms with Crippen LogP contribution in [0, 0.1) is 5.82 Å². The van der Waals surface area contributed by atoms with Crippen LogP contribution in [-0.2, 0) is 27.4 Å². The van der Waals surface area contributed by atoms with Gasteiger partial charge in [-0.1, -0.05) is 37.3 Å². The zero-order valence-corrected chi connectivity index (χ0v) is 22.1. The molecule has 9 heteroatoms. The third-order valence-electron chi connectivity index (χ3n) is 6.05. The first-order valence-electron chi connectivity index (χ1n) is 11.9. The van der Waals surface area contributed by atoms with Crippen LogP contribution >= 0.6 is 12.2 Å². The molecule has 0 atom stereocenters. The number of methoxy groups -OCH3 is 2. The van der Waals surface area contributed by atoms with Crippen molar-refractivity contribution in [3.05, 3.63) is 94.9 Å². The average molecular weight is 535 g/mol. The first-order valence-corrected chi connectivity index (χ1v) is 12.3. The lowest BCUT2D eigenvalue weighted by Gasteiger charge is -2.19. The van der Waals surface area contributed by atoms with Gasteiger partial charge in [-0.25, -0.2) is 4.39 Å². The van der Waals surface area contributed by atoms with Gasteiger partial charge in [0.15, 0.2) is 16.6 Å². The second kappa shape index (κ2) is 11.9. The number of anilines is 1. The molecule has 7 nitrogen and oxygen atoms in total. The number of carbonyl (C=O) groups is 2. The molecule has 0 radical (unpaired) electrons. The zero-order chi connectivity index (χ0) is 27.2. The summed E-state index contributed by atoms with van der Waals surface area (Å²) in [6, 6.07) is 18.8. The first-order chi connectivity index (χ1) is 18.3. The Balaban J connectivity index is 1.63. The van der Waals surface area contributed by atoms with E-state index in [2.05, 4.69) is 0 Å². The van der Waals surface area contributed by atoms with E-state index in [4.69, 9.17) is 26.4 Å². The number of ether oxygens (including phenoxy) is 3. The highest BCUT2D eigenvalue weighted by Gasteiger charge is 2.40. The van der Waals surface area contributed by atoms with Crippen molar-refractivity contribution in [3.63, 3.8) is 0 Å². The van der Waals surface area contributed by atoms with Gasteiger partial charge in [0.05, 0.1) is 19.9 Å². The molecular formula is C29H27FN2O5S. The maximum Gasteiger partial charge on any atom is 0.325 e. The monoisotopic (exact) mass is 534 g/mol. The molecule has 0 aromatic heterocycles. The molecule has 0 bridgehead atoms. The second-order valence-electron chi connectivity index (χ2n) is 8.46. The Bertz CT molecular complexity index is 1370. The number of nitrogens with zero attached hydrogens (tertiary/aromatic N) is 2. The van der Waals surface area contributed by atoms with Crippen molar-refractivity contribution in [2.24, 2.45) is 0 Å². The lowest BCUT2D eigenvalue weighted by atomic mass is 10.1. The fourth-order valence-corrected chi connectivity index (χ4v) is 4.28. The summed E-state index contributed by atoms with van der Waals surface area (Å²) in [5.41, 5.74) is 3.40. The van der Waals surface area contributed by atoms with Crippen LogP contribution in [-0.4, -0.2) is 42.7 Å². The van der Waals surface area contributed by atoms with Crippen molar-refractivity contribution < 1.29 is 28.2 Å². The third-order valence-corrected chi connectivity index (χ3v) is 6.45. The Morgan fingerprint density at radius 2 is 1.66 bits per heavy atom. The van der Waals surface area contributed by atoms with Gasteiger partial charge < -0.3 is 19.1 Å². The van der Waals surface area contributed by atoms with Crippen LogP contribution in [0.3, 0.4) is 0 Å². The normalized spacial score (nSPS) is 14.3. The molecule has 0 aliphatic carbocycles. The topological polar surface area (TPSA) is 68.3 Å². The van der Waals surface area contributed by atoms with Gasteiger partial charge >= 0.3 is 5.97 Å². The summed E-state index contributed by atoms with van der Waals surface area (Å²) in [6.45, 7) is 2.06. The third kappa shape index (κ3) is 5.84. The number of esters is 1. The fraction of sp³-hybridized carbons (Fsp3) is 0.207. The summed E-state index contributed by atoms with van der Waals surface area (Å²) in [5, 5.41) is 0.183. The maximum absolute atomic E-state index is 13.6. The van der Waals surface area contributed by atoms with Crippen LogP contribution in [0.4, 0.5) is 10.1 Å². The molecule has 1 heterocycles. The SMILES string of the molecule is CCc1ccc(N2C(=O)/C(=C/c3ccc(OCc4ccc(F)cc4)c(OC)c3)N(CC(=O)OC)C2=S)cc1. The standard InChI is InChI=1S/C29H27FN2O5S/c1-4-19-7-12-23(13-8-19)32-28(34)24(31(29(32)38)17-27(33)36-3)15-21-9-14-25(26(16-21)35-2)37-18-20-5-10-22(30)11-6-20/h5-16H,4,17-18H2,1-3H3/b24-15-. The molecule has 196 valence electrons. The zero-order valence-electron chi connectivity index (χ0n) is 21.3. The minimum absolute atomic E-state index is 0.183. The largest absolute Gasteiger partial charge is 0.493 e. The van der Waals surface area contributed by atoms with Crippen LogP contribution in [0.2, 0.25) is 0 Å². The molecule has 4 rings (SSSR count). The van der Waals surface area contributed by atoms with E-state index >= 15 is 0 Å². The number of aryl methyl sites for hydroxylation is 1. The van der Waals surface area contributed by atoms with E-state index in [0.717, 1.165) is 17.5 Å². The molecule has 1 amide bonds. The maximum atomic E-state index is 13.6. The molecule has 0 N–H and O–H groups in total. The number of halogens is 1. The van der Waals surface area contributed by atoms with E-state index in [1.54, 1.807) is 36.4 Å². The van der Waals surface area contributed by atoms with Crippen molar-refractivity contribution >= 4 is 41.0 Å². The van der Waals surface area contributed by atoms with Crippen LogP contribution in [0.15, 0.2) is 72.4 Å². The van der Waals surface area contributed by atoms with Gasteiger partial charge in [0.25, 0.3) is 5.91 Å². The highest BCUT2D eigenvalue weighted by atomic mass is 32.1. The number of amides is 1. The lowest BCUT2D eigenvalue weighted by Crippen LogP contribution is -2.35. The predicted molar refractivity (Wildman–Crippen MR) is 146 cm³/mol. The predicted octanol–water partition coefficient (Wildman–Crippen LogP) is 5.12. The quantitative estimate of drug-likeness (QED) is 0.214.